The minimum atomic E-state index is -0.517. The molecule has 3 heterocycles. The number of fused-ring (bicyclic) bond motifs is 1. The van der Waals surface area contributed by atoms with Crippen LogP contribution in [0.25, 0.3) is 16.2 Å². The highest BCUT2D eigenvalue weighted by Gasteiger charge is 2.25. The molecule has 170 valence electrons. The van der Waals surface area contributed by atoms with Gasteiger partial charge in [0, 0.05) is 49.0 Å². The van der Waals surface area contributed by atoms with Crippen LogP contribution in [0.4, 0.5) is 8.78 Å². The molecule has 1 saturated heterocycles. The van der Waals surface area contributed by atoms with E-state index in [2.05, 4.69) is 4.98 Å². The molecule has 5 rings (SSSR count). The quantitative estimate of drug-likeness (QED) is 0.375. The number of thiazole rings is 1. The average Bonchev–Trinajstić information content (AvgIpc) is 3.55. The Morgan fingerprint density at radius 3 is 2.76 bits per heavy atom. The summed E-state index contributed by atoms with van der Waals surface area (Å²) >= 11 is 1.51. The molecule has 5 nitrogen and oxygen atoms in total. The molecule has 0 bridgehead atoms. The van der Waals surface area contributed by atoms with Gasteiger partial charge in [0.25, 0.3) is 5.91 Å². The molecule has 0 aliphatic carbocycles. The number of hydrogen-bond donors (Lipinski definition) is 0. The highest BCUT2D eigenvalue weighted by Crippen LogP contribution is 2.25. The van der Waals surface area contributed by atoms with E-state index in [1.54, 1.807) is 29.2 Å². The fraction of sp³-hybridized carbons (Fsp3) is 0.280. The van der Waals surface area contributed by atoms with Gasteiger partial charge in [-0.15, -0.1) is 11.3 Å². The Labute approximate surface area is 194 Å². The first-order valence-electron chi connectivity index (χ1n) is 11.0. The zero-order valence-electron chi connectivity index (χ0n) is 17.9. The number of aromatic nitrogens is 2. The molecular weight excluding hydrogens is 444 g/mol. The summed E-state index contributed by atoms with van der Waals surface area (Å²) in [5.41, 5.74) is 2.69. The van der Waals surface area contributed by atoms with Gasteiger partial charge in [-0.25, -0.2) is 13.8 Å². The van der Waals surface area contributed by atoms with E-state index in [0.29, 0.717) is 26.1 Å². The molecule has 0 saturated carbocycles. The second-order valence-corrected chi connectivity index (χ2v) is 8.97. The van der Waals surface area contributed by atoms with Crippen molar-refractivity contribution >= 4 is 22.2 Å². The van der Waals surface area contributed by atoms with Crippen molar-refractivity contribution in [3.8, 4) is 11.3 Å². The summed E-state index contributed by atoms with van der Waals surface area (Å²) in [6.07, 6.45) is 4.36. The first kappa shape index (κ1) is 21.7. The minimum Gasteiger partial charge on any atom is -0.376 e. The van der Waals surface area contributed by atoms with Crippen LogP contribution in [0.1, 0.15) is 28.9 Å². The van der Waals surface area contributed by atoms with Gasteiger partial charge in [0.2, 0.25) is 0 Å². The van der Waals surface area contributed by atoms with Crippen LogP contribution < -0.4 is 0 Å². The molecule has 4 aromatic rings. The minimum absolute atomic E-state index is 0.0264. The lowest BCUT2D eigenvalue weighted by Crippen LogP contribution is -2.39. The van der Waals surface area contributed by atoms with Crippen LogP contribution in [0, 0.1) is 11.6 Å². The van der Waals surface area contributed by atoms with Crippen LogP contribution in [-0.4, -0.2) is 46.0 Å². The molecule has 1 aliphatic rings. The Kier molecular flexibility index (Phi) is 6.20. The van der Waals surface area contributed by atoms with E-state index in [1.807, 2.05) is 16.0 Å². The normalized spacial score (nSPS) is 15.9. The van der Waals surface area contributed by atoms with Gasteiger partial charge in [-0.1, -0.05) is 12.1 Å². The summed E-state index contributed by atoms with van der Waals surface area (Å²) in [5.74, 6) is -1.13. The number of benzene rings is 2. The number of rotatable bonds is 7. The number of halogens is 2. The van der Waals surface area contributed by atoms with Gasteiger partial charge in [-0.3, -0.25) is 9.20 Å². The fourth-order valence-electron chi connectivity index (χ4n) is 4.13. The predicted octanol–water partition coefficient (Wildman–Crippen LogP) is 5.20. The Balaban J connectivity index is 1.36. The van der Waals surface area contributed by atoms with E-state index in [9.17, 15) is 13.6 Å². The van der Waals surface area contributed by atoms with Gasteiger partial charge in [-0.2, -0.15) is 0 Å². The van der Waals surface area contributed by atoms with Crippen molar-refractivity contribution in [3.63, 3.8) is 0 Å². The topological polar surface area (TPSA) is 46.8 Å². The zero-order chi connectivity index (χ0) is 22.8. The number of hydrogen-bond acceptors (Lipinski definition) is 4. The van der Waals surface area contributed by atoms with Crippen molar-refractivity contribution in [1.29, 1.82) is 0 Å². The lowest BCUT2D eigenvalue weighted by Gasteiger charge is -2.25. The van der Waals surface area contributed by atoms with Crippen molar-refractivity contribution < 1.29 is 18.3 Å². The fourth-order valence-corrected chi connectivity index (χ4v) is 5.04. The second-order valence-electron chi connectivity index (χ2n) is 8.13. The van der Waals surface area contributed by atoms with Crippen molar-refractivity contribution in [2.45, 2.75) is 25.4 Å². The summed E-state index contributed by atoms with van der Waals surface area (Å²) in [7, 11) is 0. The lowest BCUT2D eigenvalue weighted by molar-refractivity contribution is 0.0524. The molecule has 1 fully saturated rings. The number of imidazole rings is 1. The van der Waals surface area contributed by atoms with E-state index < -0.39 is 5.82 Å². The summed E-state index contributed by atoms with van der Waals surface area (Å²) in [4.78, 5) is 20.3. The average molecular weight is 468 g/mol. The maximum Gasteiger partial charge on any atom is 0.256 e. The Bertz CT molecular complexity index is 1260. The molecule has 1 atom stereocenters. The van der Waals surface area contributed by atoms with Crippen LogP contribution in [0.2, 0.25) is 0 Å². The zero-order valence-corrected chi connectivity index (χ0v) is 18.7. The van der Waals surface area contributed by atoms with Gasteiger partial charge in [0.15, 0.2) is 4.96 Å². The van der Waals surface area contributed by atoms with Crippen molar-refractivity contribution in [3.05, 3.63) is 83.0 Å². The van der Waals surface area contributed by atoms with Gasteiger partial charge in [0.1, 0.15) is 11.6 Å². The molecule has 1 aliphatic heterocycles. The Morgan fingerprint density at radius 1 is 1.18 bits per heavy atom. The Morgan fingerprint density at radius 2 is 2.00 bits per heavy atom. The van der Waals surface area contributed by atoms with Gasteiger partial charge in [-0.05, 0) is 49.2 Å². The maximum atomic E-state index is 14.3. The third-order valence-electron chi connectivity index (χ3n) is 5.90. The molecule has 8 heteroatoms. The number of carbonyl (C=O) groups is 1. The van der Waals surface area contributed by atoms with Crippen LogP contribution in [-0.2, 0) is 11.2 Å². The number of ether oxygens (including phenoxy) is 1. The second kappa shape index (κ2) is 9.41. The van der Waals surface area contributed by atoms with Crippen LogP contribution in [0.3, 0.4) is 0 Å². The van der Waals surface area contributed by atoms with Gasteiger partial charge < -0.3 is 9.64 Å². The number of carbonyl (C=O) groups excluding carboxylic acids is 1. The SMILES string of the molecule is O=C(c1ccccc1F)N(CCc1csc2nc(-c3ccc(F)cc3)cn12)CC1CCCO1. The van der Waals surface area contributed by atoms with Crippen molar-refractivity contribution in [1.82, 2.24) is 14.3 Å². The largest absolute Gasteiger partial charge is 0.376 e. The third-order valence-corrected chi connectivity index (χ3v) is 6.79. The summed E-state index contributed by atoms with van der Waals surface area (Å²) in [6, 6.07) is 12.3. The van der Waals surface area contributed by atoms with Crippen LogP contribution in [0.15, 0.2) is 60.1 Å². The molecule has 1 amide bonds. The lowest BCUT2D eigenvalue weighted by atomic mass is 10.1. The molecule has 2 aromatic heterocycles. The smallest absolute Gasteiger partial charge is 0.256 e. The molecule has 1 unspecified atom stereocenters. The molecular formula is C25H23F2N3O2S. The van der Waals surface area contributed by atoms with Crippen LogP contribution >= 0.6 is 11.3 Å². The van der Waals surface area contributed by atoms with E-state index >= 15 is 0 Å². The van der Waals surface area contributed by atoms with E-state index in [1.165, 1.54) is 35.6 Å². The van der Waals surface area contributed by atoms with E-state index in [-0.39, 0.29) is 23.4 Å². The first-order chi connectivity index (χ1) is 16.1. The third kappa shape index (κ3) is 4.67. The molecule has 0 N–H and O–H groups in total. The van der Waals surface area contributed by atoms with Gasteiger partial charge >= 0.3 is 0 Å². The number of amides is 1. The predicted molar refractivity (Wildman–Crippen MR) is 123 cm³/mol. The standard InChI is InChI=1S/C25H23F2N3O2S/c26-18-9-7-17(8-10-18)23-15-30-19(16-33-25(30)28-23)11-12-29(14-20-4-3-13-32-20)24(31)21-5-1-2-6-22(21)27/h1-2,5-10,15-16,20H,3-4,11-14H2. The Hall–Kier alpha value is -3.10. The summed E-state index contributed by atoms with van der Waals surface area (Å²) in [6.45, 7) is 1.56. The van der Waals surface area contributed by atoms with Crippen LogP contribution in [0.5, 0.6) is 0 Å². The molecule has 0 spiro atoms. The summed E-state index contributed by atoms with van der Waals surface area (Å²) < 4.78 is 35.3. The highest BCUT2D eigenvalue weighted by atomic mass is 32.1. The monoisotopic (exact) mass is 467 g/mol. The van der Waals surface area contributed by atoms with E-state index in [4.69, 9.17) is 4.74 Å². The van der Waals surface area contributed by atoms with Crippen molar-refractivity contribution in [2.75, 3.05) is 19.7 Å². The molecule has 33 heavy (non-hydrogen) atoms. The van der Waals surface area contributed by atoms with Crippen molar-refractivity contribution in [2.24, 2.45) is 0 Å². The summed E-state index contributed by atoms with van der Waals surface area (Å²) in [5, 5.41) is 2.02. The first-order valence-corrected chi connectivity index (χ1v) is 11.8. The molecule has 2 aromatic carbocycles. The highest BCUT2D eigenvalue weighted by molar-refractivity contribution is 7.15. The number of nitrogens with zero attached hydrogens (tertiary/aromatic N) is 3. The van der Waals surface area contributed by atoms with E-state index in [0.717, 1.165) is 34.8 Å². The maximum absolute atomic E-state index is 14.3. The molecule has 0 radical (unpaired) electrons. The van der Waals surface area contributed by atoms with Gasteiger partial charge in [0.05, 0.1) is 17.4 Å².